The number of carboxylic acid groups (broad SMARTS) is 1. The van der Waals surface area contributed by atoms with Crippen molar-refractivity contribution in [2.75, 3.05) is 0 Å². The summed E-state index contributed by atoms with van der Waals surface area (Å²) in [6.45, 7) is 3.15. The van der Waals surface area contributed by atoms with Crippen molar-refractivity contribution in [3.05, 3.63) is 82.7 Å². The molecule has 1 saturated carbocycles. The lowest BCUT2D eigenvalue weighted by Gasteiger charge is -2.39. The van der Waals surface area contributed by atoms with E-state index in [-0.39, 0.29) is 29.0 Å². The van der Waals surface area contributed by atoms with Gasteiger partial charge in [-0.15, -0.1) is 0 Å². The molecule has 6 rings (SSSR count). The first-order chi connectivity index (χ1) is 18.6. The lowest BCUT2D eigenvalue weighted by molar-refractivity contribution is -0.147. The Labute approximate surface area is 220 Å². The molecule has 200 valence electrons. The summed E-state index contributed by atoms with van der Waals surface area (Å²) in [6.07, 6.45) is -3.50. The quantitative estimate of drug-likeness (QED) is 0.285. The minimum atomic E-state index is -4.83. The average molecular weight is 538 g/mol. The molecule has 1 N–H and O–H groups in total. The molecule has 0 bridgehead atoms. The normalized spacial score (nSPS) is 19.1. The SMILES string of the molecule is Cc1cc(-c2nc(-c3ccc4c(c3)CN([C@H]3C[C@H](C(=O)O)C3)C4)no2)ccc1-c1cccc(F)c1C(F)(F)F. The van der Waals surface area contributed by atoms with Crippen molar-refractivity contribution < 1.29 is 32.0 Å². The highest BCUT2D eigenvalue weighted by molar-refractivity contribution is 5.75. The maximum absolute atomic E-state index is 14.1. The van der Waals surface area contributed by atoms with Gasteiger partial charge in [-0.05, 0) is 71.8 Å². The molecule has 10 heteroatoms. The van der Waals surface area contributed by atoms with E-state index in [4.69, 9.17) is 9.63 Å². The van der Waals surface area contributed by atoms with Crippen LogP contribution in [0, 0.1) is 18.7 Å². The Morgan fingerprint density at radius 2 is 1.74 bits per heavy atom. The number of alkyl halides is 3. The van der Waals surface area contributed by atoms with Gasteiger partial charge in [0.1, 0.15) is 5.82 Å². The van der Waals surface area contributed by atoms with E-state index in [2.05, 4.69) is 15.0 Å². The third-order valence-electron chi connectivity index (χ3n) is 7.68. The zero-order valence-corrected chi connectivity index (χ0v) is 20.8. The van der Waals surface area contributed by atoms with Gasteiger partial charge in [-0.3, -0.25) is 9.69 Å². The van der Waals surface area contributed by atoms with Crippen molar-refractivity contribution in [3.63, 3.8) is 0 Å². The molecule has 39 heavy (non-hydrogen) atoms. The number of aliphatic carboxylic acids is 1. The molecule has 4 aromatic rings. The van der Waals surface area contributed by atoms with Gasteiger partial charge in [0, 0.05) is 30.3 Å². The average Bonchev–Trinajstić information content (AvgIpc) is 3.49. The number of aryl methyl sites for hydroxylation is 1. The summed E-state index contributed by atoms with van der Waals surface area (Å²) in [7, 11) is 0. The summed E-state index contributed by atoms with van der Waals surface area (Å²) in [5, 5.41) is 13.3. The Morgan fingerprint density at radius 1 is 1.00 bits per heavy atom. The highest BCUT2D eigenvalue weighted by Crippen LogP contribution is 2.41. The second-order valence-corrected chi connectivity index (χ2v) is 10.2. The summed E-state index contributed by atoms with van der Waals surface area (Å²) in [5.41, 5.74) is 2.85. The van der Waals surface area contributed by atoms with E-state index in [9.17, 15) is 22.4 Å². The minimum absolute atomic E-state index is 0.214. The van der Waals surface area contributed by atoms with Crippen LogP contribution in [0.4, 0.5) is 17.6 Å². The number of carbonyl (C=O) groups is 1. The van der Waals surface area contributed by atoms with E-state index in [0.717, 1.165) is 30.3 Å². The zero-order valence-electron chi connectivity index (χ0n) is 20.8. The maximum Gasteiger partial charge on any atom is 0.419 e. The van der Waals surface area contributed by atoms with Gasteiger partial charge in [-0.1, -0.05) is 35.5 Å². The molecular weight excluding hydrogens is 514 g/mol. The molecule has 2 heterocycles. The van der Waals surface area contributed by atoms with Crippen LogP contribution in [0.2, 0.25) is 0 Å². The topological polar surface area (TPSA) is 79.5 Å². The molecule has 1 fully saturated rings. The van der Waals surface area contributed by atoms with Crippen molar-refractivity contribution in [3.8, 4) is 34.0 Å². The first kappa shape index (κ1) is 25.2. The smallest absolute Gasteiger partial charge is 0.419 e. The molecule has 0 amide bonds. The van der Waals surface area contributed by atoms with Crippen molar-refractivity contribution in [2.45, 2.75) is 45.1 Å². The predicted octanol–water partition coefficient (Wildman–Crippen LogP) is 6.72. The maximum atomic E-state index is 14.1. The molecule has 2 aliphatic rings. The minimum Gasteiger partial charge on any atom is -0.481 e. The monoisotopic (exact) mass is 537 g/mol. The van der Waals surface area contributed by atoms with Crippen LogP contribution in [-0.2, 0) is 24.1 Å². The van der Waals surface area contributed by atoms with E-state index in [1.807, 2.05) is 18.2 Å². The second-order valence-electron chi connectivity index (χ2n) is 10.2. The number of rotatable bonds is 5. The fraction of sp³-hybridized carbons (Fsp3) is 0.276. The van der Waals surface area contributed by atoms with Gasteiger partial charge in [-0.2, -0.15) is 18.2 Å². The third-order valence-corrected chi connectivity index (χ3v) is 7.68. The van der Waals surface area contributed by atoms with Crippen LogP contribution >= 0.6 is 0 Å². The van der Waals surface area contributed by atoms with Gasteiger partial charge in [0.05, 0.1) is 11.5 Å². The van der Waals surface area contributed by atoms with Crippen LogP contribution in [-0.4, -0.2) is 32.2 Å². The van der Waals surface area contributed by atoms with Crippen LogP contribution < -0.4 is 0 Å². The lowest BCUT2D eigenvalue weighted by atomic mass is 9.79. The van der Waals surface area contributed by atoms with Crippen LogP contribution in [0.25, 0.3) is 34.0 Å². The molecule has 3 aromatic carbocycles. The standard InChI is InChI=1S/C29H23F4N3O3/c1-15-9-17(7-8-22(15)23-3-2-4-24(30)25(23)29(31,32)33)27-34-26(35-39-27)16-5-6-18-13-36(14-20(18)10-16)21-11-19(12-21)28(37)38/h2-10,19,21H,11-14H2,1H3,(H,37,38)/t19-,21-. The molecule has 0 atom stereocenters. The van der Waals surface area contributed by atoms with Crippen LogP contribution in [0.15, 0.2) is 59.1 Å². The number of nitrogens with zero attached hydrogens (tertiary/aromatic N) is 3. The molecule has 0 saturated heterocycles. The molecule has 1 aliphatic carbocycles. The lowest BCUT2D eigenvalue weighted by Crippen LogP contribution is -2.44. The first-order valence-corrected chi connectivity index (χ1v) is 12.5. The van der Waals surface area contributed by atoms with Gasteiger partial charge in [0.25, 0.3) is 5.89 Å². The van der Waals surface area contributed by atoms with E-state index in [1.165, 1.54) is 23.8 Å². The van der Waals surface area contributed by atoms with Crippen molar-refractivity contribution in [1.29, 1.82) is 0 Å². The van der Waals surface area contributed by atoms with E-state index < -0.39 is 23.5 Å². The van der Waals surface area contributed by atoms with Crippen LogP contribution in [0.1, 0.15) is 35.1 Å². The van der Waals surface area contributed by atoms with Crippen LogP contribution in [0.3, 0.4) is 0 Å². The molecule has 1 aromatic heterocycles. The Morgan fingerprint density at radius 3 is 2.46 bits per heavy atom. The number of benzene rings is 3. The summed E-state index contributed by atoms with van der Waals surface area (Å²) < 4.78 is 60.2. The summed E-state index contributed by atoms with van der Waals surface area (Å²) in [5.74, 6) is -1.72. The van der Waals surface area contributed by atoms with E-state index in [0.29, 0.717) is 29.8 Å². The van der Waals surface area contributed by atoms with Crippen molar-refractivity contribution >= 4 is 5.97 Å². The Bertz CT molecular complexity index is 1590. The summed E-state index contributed by atoms with van der Waals surface area (Å²) >= 11 is 0. The van der Waals surface area contributed by atoms with Crippen molar-refractivity contribution in [1.82, 2.24) is 15.0 Å². The third kappa shape index (κ3) is 4.58. The molecule has 0 unspecified atom stereocenters. The van der Waals surface area contributed by atoms with Gasteiger partial charge >= 0.3 is 12.1 Å². The van der Waals surface area contributed by atoms with Gasteiger partial charge < -0.3 is 9.63 Å². The van der Waals surface area contributed by atoms with Gasteiger partial charge in [0.15, 0.2) is 0 Å². The first-order valence-electron chi connectivity index (χ1n) is 12.5. The summed E-state index contributed by atoms with van der Waals surface area (Å²) in [6, 6.07) is 14.2. The van der Waals surface area contributed by atoms with Gasteiger partial charge in [0.2, 0.25) is 5.82 Å². The Hall–Kier alpha value is -4.05. The highest BCUT2D eigenvalue weighted by atomic mass is 19.4. The number of halogens is 4. The molecular formula is C29H23F4N3O3. The number of carboxylic acids is 1. The zero-order chi connectivity index (χ0) is 27.5. The van der Waals surface area contributed by atoms with E-state index in [1.54, 1.807) is 19.1 Å². The second kappa shape index (κ2) is 9.30. The van der Waals surface area contributed by atoms with Crippen molar-refractivity contribution in [2.24, 2.45) is 5.92 Å². The number of fused-ring (bicyclic) bond motifs is 1. The predicted molar refractivity (Wildman–Crippen MR) is 134 cm³/mol. The van der Waals surface area contributed by atoms with Gasteiger partial charge in [-0.25, -0.2) is 4.39 Å². The Balaban J connectivity index is 1.22. The summed E-state index contributed by atoms with van der Waals surface area (Å²) in [4.78, 5) is 17.9. The molecule has 6 nitrogen and oxygen atoms in total. The number of aromatic nitrogens is 2. The fourth-order valence-electron chi connectivity index (χ4n) is 5.50. The largest absolute Gasteiger partial charge is 0.481 e. The fourth-order valence-corrected chi connectivity index (χ4v) is 5.50. The molecule has 1 aliphatic heterocycles. The Kier molecular flexibility index (Phi) is 6.02. The number of hydrogen-bond donors (Lipinski definition) is 1. The van der Waals surface area contributed by atoms with E-state index >= 15 is 0 Å². The number of hydrogen-bond acceptors (Lipinski definition) is 5. The molecule has 0 spiro atoms. The molecule has 0 radical (unpaired) electrons. The highest BCUT2D eigenvalue weighted by Gasteiger charge is 2.40. The van der Waals surface area contributed by atoms with Crippen LogP contribution in [0.5, 0.6) is 0 Å².